The van der Waals surface area contributed by atoms with Crippen LogP contribution >= 0.6 is 7.82 Å². The number of phosphoric ester groups is 1. The summed E-state index contributed by atoms with van der Waals surface area (Å²) in [5, 5.41) is 91.2. The summed E-state index contributed by atoms with van der Waals surface area (Å²) in [5.74, 6) is -0.564. The van der Waals surface area contributed by atoms with E-state index in [1.54, 1.807) is 0 Å². The minimum Gasteiger partial charge on any atom is -0.463 e. The first kappa shape index (κ1) is 44.3. The first-order valence-corrected chi connectivity index (χ1v) is 18.9. The van der Waals surface area contributed by atoms with Gasteiger partial charge in [-0.2, -0.15) is 0 Å². The lowest BCUT2D eigenvalue weighted by molar-refractivity contribution is -0.338. The molecule has 0 aromatic heterocycles. The fourth-order valence-corrected chi connectivity index (χ4v) is 6.73. The SMILES string of the molecule is CCCCCCCCCCCCCCCC(=O)OC[C@@H](O)COP(=O)(O)O[C@@H]1C(O)C(O)[C@@H](O)C(O)[C@H]1O[C@H]1OC(CO)[C@@H](O)C(O)[C@H]1O. The first-order valence-electron chi connectivity index (χ1n) is 17.4. The third-order valence-electron chi connectivity index (χ3n) is 8.79. The predicted molar refractivity (Wildman–Crippen MR) is 171 cm³/mol. The highest BCUT2D eigenvalue weighted by Crippen LogP contribution is 2.47. The number of hydrogen-bond donors (Lipinski definition) is 10. The van der Waals surface area contributed by atoms with Gasteiger partial charge in [-0.1, -0.05) is 84.0 Å². The lowest BCUT2D eigenvalue weighted by Gasteiger charge is -2.47. The average Bonchev–Trinajstić information content (AvgIpc) is 3.08. The van der Waals surface area contributed by atoms with Crippen molar-refractivity contribution in [3.05, 3.63) is 0 Å². The molecule has 0 aromatic rings. The Labute approximate surface area is 287 Å². The zero-order valence-electron chi connectivity index (χ0n) is 28.2. The standard InChI is InChI=1S/C31H59O17P/c1-2-3-4-5-6-7-8-9-10-11-12-13-14-15-21(34)44-17-19(33)18-45-49(42,43)48-30-27(40)25(38)24(37)26(39)29(30)47-31-28(41)23(36)22(35)20(16-32)46-31/h19-20,22-33,35-41H,2-18H2,1H3,(H,42,43)/t19-,20?,22-,23?,24-,25?,26?,27?,28-,29-,30-,31-/m1/s1. The molecule has 6 unspecified atom stereocenters. The van der Waals surface area contributed by atoms with E-state index in [1.807, 2.05) is 0 Å². The van der Waals surface area contributed by atoms with Crippen LogP contribution in [-0.2, 0) is 32.6 Å². The minimum absolute atomic E-state index is 0.138. The van der Waals surface area contributed by atoms with Crippen molar-refractivity contribution in [2.75, 3.05) is 19.8 Å². The molecular weight excluding hydrogens is 675 g/mol. The molecule has 2 aliphatic rings. The molecule has 13 atom stereocenters. The van der Waals surface area contributed by atoms with Crippen LogP contribution in [-0.4, -0.2) is 150 Å². The third kappa shape index (κ3) is 15.0. The van der Waals surface area contributed by atoms with Gasteiger partial charge in [-0.15, -0.1) is 0 Å². The van der Waals surface area contributed by atoms with Gasteiger partial charge in [0, 0.05) is 6.42 Å². The normalized spacial score (nSPS) is 34.0. The van der Waals surface area contributed by atoms with Gasteiger partial charge in [-0.25, -0.2) is 4.57 Å². The van der Waals surface area contributed by atoms with Crippen molar-refractivity contribution >= 4 is 13.8 Å². The molecule has 0 spiro atoms. The number of unbranched alkanes of at least 4 members (excludes halogenated alkanes) is 12. The lowest BCUT2D eigenvalue weighted by atomic mass is 9.84. The summed E-state index contributed by atoms with van der Waals surface area (Å²) in [6.45, 7) is -0.0647. The predicted octanol–water partition coefficient (Wildman–Crippen LogP) is -0.484. The summed E-state index contributed by atoms with van der Waals surface area (Å²) in [7, 11) is -5.24. The highest BCUT2D eigenvalue weighted by Gasteiger charge is 2.55. The maximum atomic E-state index is 12.7. The molecule has 2 rings (SSSR count). The summed E-state index contributed by atoms with van der Waals surface area (Å²) in [6, 6.07) is 0. The molecule has 17 nitrogen and oxygen atoms in total. The van der Waals surface area contributed by atoms with E-state index >= 15 is 0 Å². The van der Waals surface area contributed by atoms with Crippen LogP contribution < -0.4 is 0 Å². The van der Waals surface area contributed by atoms with Crippen molar-refractivity contribution < 1.29 is 83.5 Å². The van der Waals surface area contributed by atoms with Gasteiger partial charge in [-0.3, -0.25) is 13.8 Å². The second-order valence-electron chi connectivity index (χ2n) is 12.9. The van der Waals surface area contributed by atoms with Crippen molar-refractivity contribution in [3.8, 4) is 0 Å². The number of hydrogen-bond acceptors (Lipinski definition) is 16. The Morgan fingerprint density at radius 1 is 0.694 bits per heavy atom. The zero-order valence-corrected chi connectivity index (χ0v) is 29.1. The van der Waals surface area contributed by atoms with Gasteiger partial charge >= 0.3 is 13.8 Å². The van der Waals surface area contributed by atoms with Crippen LogP contribution in [0.4, 0.5) is 0 Å². The van der Waals surface area contributed by atoms with Crippen LogP contribution in [0.3, 0.4) is 0 Å². The van der Waals surface area contributed by atoms with Gasteiger partial charge in [0.25, 0.3) is 0 Å². The Morgan fingerprint density at radius 2 is 1.18 bits per heavy atom. The average molecular weight is 735 g/mol. The van der Waals surface area contributed by atoms with E-state index < -0.39 is 107 Å². The molecule has 0 aromatic carbocycles. The van der Waals surface area contributed by atoms with Gasteiger partial charge in [0.2, 0.25) is 0 Å². The fourth-order valence-electron chi connectivity index (χ4n) is 5.76. The minimum atomic E-state index is -5.24. The molecule has 290 valence electrons. The molecule has 10 N–H and O–H groups in total. The van der Waals surface area contributed by atoms with E-state index in [4.69, 9.17) is 23.3 Å². The van der Waals surface area contributed by atoms with Crippen LogP contribution in [0, 0.1) is 0 Å². The smallest absolute Gasteiger partial charge is 0.463 e. The second kappa shape index (κ2) is 22.9. The Hall–Kier alpha value is -0.860. The van der Waals surface area contributed by atoms with Crippen molar-refractivity contribution in [2.24, 2.45) is 0 Å². The zero-order chi connectivity index (χ0) is 36.6. The molecule has 0 bridgehead atoms. The van der Waals surface area contributed by atoms with Gasteiger partial charge < -0.3 is 65.1 Å². The van der Waals surface area contributed by atoms with E-state index in [-0.39, 0.29) is 6.42 Å². The van der Waals surface area contributed by atoms with Crippen molar-refractivity contribution in [1.29, 1.82) is 0 Å². The van der Waals surface area contributed by atoms with Gasteiger partial charge in [-0.05, 0) is 6.42 Å². The van der Waals surface area contributed by atoms with E-state index in [9.17, 15) is 60.2 Å². The Balaban J connectivity index is 1.75. The largest absolute Gasteiger partial charge is 0.472 e. The molecule has 18 heteroatoms. The highest BCUT2D eigenvalue weighted by atomic mass is 31.2. The van der Waals surface area contributed by atoms with E-state index in [2.05, 4.69) is 6.92 Å². The van der Waals surface area contributed by atoms with E-state index in [1.165, 1.54) is 57.8 Å². The molecular formula is C31H59O17P. The van der Waals surface area contributed by atoms with Crippen LogP contribution in [0.5, 0.6) is 0 Å². The number of esters is 1. The van der Waals surface area contributed by atoms with Crippen LogP contribution in [0.2, 0.25) is 0 Å². The second-order valence-corrected chi connectivity index (χ2v) is 14.3. The molecule has 0 amide bonds. The van der Waals surface area contributed by atoms with Gasteiger partial charge in [0.05, 0.1) is 13.2 Å². The molecule has 1 saturated carbocycles. The maximum Gasteiger partial charge on any atom is 0.472 e. The fraction of sp³-hybridized carbons (Fsp3) is 0.968. The lowest BCUT2D eigenvalue weighted by Crippen LogP contribution is -2.67. The van der Waals surface area contributed by atoms with Gasteiger partial charge in [0.15, 0.2) is 6.29 Å². The molecule has 1 saturated heterocycles. The summed E-state index contributed by atoms with van der Waals surface area (Å²) < 4.78 is 38.0. The molecule has 1 aliphatic heterocycles. The molecule has 2 fully saturated rings. The maximum absolute atomic E-state index is 12.7. The first-order chi connectivity index (χ1) is 23.2. The van der Waals surface area contributed by atoms with Crippen molar-refractivity contribution in [2.45, 2.75) is 170 Å². The summed E-state index contributed by atoms with van der Waals surface area (Å²) in [5.41, 5.74) is 0. The number of phosphoric acid groups is 1. The van der Waals surface area contributed by atoms with Crippen LogP contribution in [0.15, 0.2) is 0 Å². The number of aliphatic hydroxyl groups excluding tert-OH is 9. The topological polar surface area (TPSA) is 283 Å². The van der Waals surface area contributed by atoms with Crippen molar-refractivity contribution in [3.63, 3.8) is 0 Å². The molecule has 49 heavy (non-hydrogen) atoms. The Morgan fingerprint density at radius 3 is 1.71 bits per heavy atom. The van der Waals surface area contributed by atoms with Crippen LogP contribution in [0.1, 0.15) is 96.8 Å². The van der Waals surface area contributed by atoms with E-state index in [0.717, 1.165) is 19.3 Å². The van der Waals surface area contributed by atoms with Crippen molar-refractivity contribution in [1.82, 2.24) is 0 Å². The third-order valence-corrected chi connectivity index (χ3v) is 9.78. The molecule has 1 heterocycles. The molecule has 1 aliphatic carbocycles. The number of rotatable bonds is 24. The number of carbonyl (C=O) groups excluding carboxylic acids is 1. The summed E-state index contributed by atoms with van der Waals surface area (Å²) >= 11 is 0. The quantitative estimate of drug-likeness (QED) is 0.0340. The number of aliphatic hydroxyl groups is 9. The number of carbonyl (C=O) groups is 1. The Bertz CT molecular complexity index is 959. The molecule has 0 radical (unpaired) electrons. The van der Waals surface area contributed by atoms with Gasteiger partial charge in [0.1, 0.15) is 73.8 Å². The highest BCUT2D eigenvalue weighted by molar-refractivity contribution is 7.47. The monoisotopic (exact) mass is 734 g/mol. The summed E-state index contributed by atoms with van der Waals surface area (Å²) in [6.07, 6.45) is -8.14. The van der Waals surface area contributed by atoms with E-state index in [0.29, 0.717) is 6.42 Å². The Kier molecular flexibility index (Phi) is 20.7. The van der Waals surface area contributed by atoms with Crippen LogP contribution in [0.25, 0.3) is 0 Å². The number of ether oxygens (including phenoxy) is 3. The summed E-state index contributed by atoms with van der Waals surface area (Å²) in [4.78, 5) is 22.3.